The van der Waals surface area contributed by atoms with Crippen LogP contribution in [0.2, 0.25) is 0 Å². The van der Waals surface area contributed by atoms with Crippen molar-refractivity contribution in [3.05, 3.63) is 72.1 Å². The first kappa shape index (κ1) is 27.9. The molecule has 16 heteroatoms. The average Bonchev–Trinajstić information content (AvgIpc) is 3.29. The Labute approximate surface area is 217 Å². The van der Waals surface area contributed by atoms with Gasteiger partial charge in [-0.3, -0.25) is 5.32 Å². The summed E-state index contributed by atoms with van der Waals surface area (Å²) < 4.78 is 98.7. The summed E-state index contributed by atoms with van der Waals surface area (Å²) >= 11 is 0. The van der Waals surface area contributed by atoms with Crippen LogP contribution in [0, 0.1) is 0 Å². The number of aliphatic hydroxyl groups excluding tert-OH is 1. The van der Waals surface area contributed by atoms with Crippen molar-refractivity contribution in [2.45, 2.75) is 17.5 Å². The molecule has 4 aromatic rings. The third-order valence-electron chi connectivity index (χ3n) is 5.20. The number of aromatic nitrogens is 3. The number of anilines is 1. The smallest absolute Gasteiger partial charge is 0.404 e. The molecule has 0 fully saturated rings. The lowest BCUT2D eigenvalue weighted by molar-refractivity contribution is -0.137. The Hall–Kier alpha value is -4.15. The molecule has 39 heavy (non-hydrogen) atoms. The Morgan fingerprint density at radius 2 is 1.82 bits per heavy atom. The first-order chi connectivity index (χ1) is 18.4. The monoisotopic (exact) mass is 571 g/mol. The number of ether oxygens (including phenoxy) is 1. The van der Waals surface area contributed by atoms with E-state index in [2.05, 4.69) is 20.1 Å². The molecule has 0 aliphatic carbocycles. The van der Waals surface area contributed by atoms with Gasteiger partial charge in [0.25, 0.3) is 6.43 Å². The summed E-state index contributed by atoms with van der Waals surface area (Å²) in [5, 5.41) is 14.9. The van der Waals surface area contributed by atoms with Crippen LogP contribution in [0.5, 0.6) is 5.75 Å². The Balaban J connectivity index is 1.62. The van der Waals surface area contributed by atoms with Crippen molar-refractivity contribution in [3.63, 3.8) is 0 Å². The minimum absolute atomic E-state index is 0.00928. The lowest BCUT2D eigenvalue weighted by Gasteiger charge is -2.11. The molecular weight excluding hydrogens is 553 g/mol. The highest BCUT2D eigenvalue weighted by molar-refractivity contribution is 7.89. The molecule has 4 rings (SSSR count). The topological polar surface area (TPSA) is 135 Å². The summed E-state index contributed by atoms with van der Waals surface area (Å²) in [5.41, 5.74) is -1.93. The summed E-state index contributed by atoms with van der Waals surface area (Å²) in [4.78, 5) is 16.4. The molecule has 2 aromatic carbocycles. The van der Waals surface area contributed by atoms with Crippen molar-refractivity contribution in [2.75, 3.05) is 18.5 Å². The second kappa shape index (κ2) is 10.9. The largest absolute Gasteiger partial charge is 0.417 e. The van der Waals surface area contributed by atoms with Crippen molar-refractivity contribution in [1.29, 1.82) is 0 Å². The molecule has 10 nitrogen and oxygen atoms in total. The number of amides is 1. The zero-order valence-electron chi connectivity index (χ0n) is 19.5. The predicted octanol–water partition coefficient (Wildman–Crippen LogP) is 4.23. The molecule has 0 spiro atoms. The van der Waals surface area contributed by atoms with Crippen molar-refractivity contribution in [1.82, 2.24) is 19.3 Å². The van der Waals surface area contributed by atoms with Crippen molar-refractivity contribution >= 4 is 27.5 Å². The first-order valence-corrected chi connectivity index (χ1v) is 12.4. The number of benzene rings is 2. The average molecular weight is 571 g/mol. The van der Waals surface area contributed by atoms with Gasteiger partial charge in [0.15, 0.2) is 11.4 Å². The van der Waals surface area contributed by atoms with Crippen LogP contribution < -0.4 is 14.8 Å². The predicted molar refractivity (Wildman–Crippen MR) is 127 cm³/mol. The number of hydrogen-bond acceptors (Lipinski definition) is 7. The molecular formula is C23H18F5N5O5S. The maximum Gasteiger partial charge on any atom is 0.417 e. The van der Waals surface area contributed by atoms with Crippen LogP contribution in [0.3, 0.4) is 0 Å². The number of carbonyl (C=O) groups excluding carboxylic acids is 1. The summed E-state index contributed by atoms with van der Waals surface area (Å²) in [5.74, 6) is -0.350. The molecule has 0 aliphatic rings. The van der Waals surface area contributed by atoms with E-state index in [1.807, 2.05) is 0 Å². The van der Waals surface area contributed by atoms with Crippen LogP contribution in [0.4, 0.5) is 32.4 Å². The molecule has 3 N–H and O–H groups in total. The second-order valence-electron chi connectivity index (χ2n) is 7.85. The molecule has 0 saturated carbocycles. The lowest BCUT2D eigenvalue weighted by Crippen LogP contribution is -2.26. The number of halogens is 5. The number of carbonyl (C=O) groups is 1. The van der Waals surface area contributed by atoms with E-state index in [4.69, 9.17) is 9.84 Å². The van der Waals surface area contributed by atoms with E-state index in [1.54, 1.807) is 0 Å². The number of sulfonamides is 1. The van der Waals surface area contributed by atoms with E-state index in [0.717, 1.165) is 47.1 Å². The van der Waals surface area contributed by atoms with Crippen LogP contribution in [0.25, 0.3) is 16.9 Å². The highest BCUT2D eigenvalue weighted by atomic mass is 32.2. The van der Waals surface area contributed by atoms with Crippen molar-refractivity contribution < 1.29 is 45.0 Å². The molecule has 0 atom stereocenters. The molecule has 2 aromatic heterocycles. The number of nitrogens with zero attached hydrogens (tertiary/aromatic N) is 3. The van der Waals surface area contributed by atoms with E-state index in [1.165, 1.54) is 18.2 Å². The number of hydrogen-bond donors (Lipinski definition) is 3. The molecule has 0 saturated heterocycles. The van der Waals surface area contributed by atoms with Crippen LogP contribution in [0.1, 0.15) is 17.7 Å². The highest BCUT2D eigenvalue weighted by Crippen LogP contribution is 2.33. The van der Waals surface area contributed by atoms with Gasteiger partial charge in [0.1, 0.15) is 5.69 Å². The second-order valence-corrected chi connectivity index (χ2v) is 9.62. The van der Waals surface area contributed by atoms with Gasteiger partial charge in [0, 0.05) is 17.8 Å². The van der Waals surface area contributed by atoms with Gasteiger partial charge in [0.2, 0.25) is 10.0 Å². The Morgan fingerprint density at radius 3 is 2.46 bits per heavy atom. The molecule has 0 aliphatic heterocycles. The van der Waals surface area contributed by atoms with Crippen molar-refractivity contribution in [2.24, 2.45) is 0 Å². The zero-order valence-corrected chi connectivity index (χ0v) is 20.3. The lowest BCUT2D eigenvalue weighted by atomic mass is 10.1. The maximum atomic E-state index is 13.8. The van der Waals surface area contributed by atoms with Crippen LogP contribution in [0.15, 0.2) is 65.7 Å². The fourth-order valence-corrected chi connectivity index (χ4v) is 4.49. The van der Waals surface area contributed by atoms with Gasteiger partial charge in [0.05, 0.1) is 29.0 Å². The molecule has 1 amide bonds. The zero-order chi connectivity index (χ0) is 28.4. The van der Waals surface area contributed by atoms with Crippen LogP contribution >= 0.6 is 0 Å². The third kappa shape index (κ3) is 6.30. The van der Waals surface area contributed by atoms with Gasteiger partial charge in [-0.1, -0.05) is 18.2 Å². The van der Waals surface area contributed by atoms with Gasteiger partial charge in [-0.05, 0) is 36.4 Å². The van der Waals surface area contributed by atoms with E-state index in [-0.39, 0.29) is 39.8 Å². The van der Waals surface area contributed by atoms with Gasteiger partial charge in [-0.15, -0.1) is 0 Å². The summed E-state index contributed by atoms with van der Waals surface area (Å²) in [7, 11) is -3.97. The first-order valence-electron chi connectivity index (χ1n) is 10.9. The van der Waals surface area contributed by atoms with E-state index >= 15 is 0 Å². The molecule has 2 heterocycles. The van der Waals surface area contributed by atoms with E-state index in [0.29, 0.717) is 0 Å². The van der Waals surface area contributed by atoms with Gasteiger partial charge >= 0.3 is 12.3 Å². The van der Waals surface area contributed by atoms with Crippen molar-refractivity contribution in [3.8, 4) is 17.0 Å². The van der Waals surface area contributed by atoms with Gasteiger partial charge in [-0.25, -0.2) is 36.2 Å². The summed E-state index contributed by atoms with van der Waals surface area (Å²) in [6, 6.07) is 9.70. The van der Waals surface area contributed by atoms with E-state index < -0.39 is 46.6 Å². The quantitative estimate of drug-likeness (QED) is 0.270. The Bertz CT molecular complexity index is 1610. The number of alkyl halides is 5. The van der Waals surface area contributed by atoms with Crippen LogP contribution in [-0.4, -0.2) is 47.4 Å². The fourth-order valence-electron chi connectivity index (χ4n) is 3.42. The third-order valence-corrected chi connectivity index (χ3v) is 6.65. The summed E-state index contributed by atoms with van der Waals surface area (Å²) in [6.45, 7) is -0.649. The van der Waals surface area contributed by atoms with E-state index in [9.17, 15) is 35.2 Å². The molecule has 0 bridgehead atoms. The number of aliphatic hydroxyl groups is 1. The number of rotatable bonds is 8. The van der Waals surface area contributed by atoms with Gasteiger partial charge in [-0.2, -0.15) is 18.3 Å². The normalized spacial score (nSPS) is 12.2. The highest BCUT2D eigenvalue weighted by Gasteiger charge is 2.30. The minimum atomic E-state index is -4.59. The molecule has 206 valence electrons. The number of fused-ring (bicyclic) bond motifs is 1. The standard InChI is InChI=1S/C23H18F5N5O5S/c24-20(25)18-11-17(13-4-6-14(7-5-13)23(26,27)28)32-21-19(12-29-33(18)21)38-22(35)31-15-2-1-3-16(10-15)39(36,37)30-8-9-34/h1-7,10-12,20,30,34H,8-9H2,(H,31,35). The molecule has 0 unspecified atom stereocenters. The SMILES string of the molecule is O=C(Nc1cccc(S(=O)(=O)NCCO)c1)Oc1cnn2c(C(F)F)cc(-c3ccc(C(F)(F)F)cc3)nc12. The fraction of sp³-hybridized carbons (Fsp3) is 0.174. The maximum absolute atomic E-state index is 13.8. The number of nitrogens with one attached hydrogen (secondary N) is 2. The van der Waals surface area contributed by atoms with Gasteiger partial charge < -0.3 is 9.84 Å². The minimum Gasteiger partial charge on any atom is -0.404 e. The summed E-state index contributed by atoms with van der Waals surface area (Å²) in [6.07, 6.45) is -7.84. The Morgan fingerprint density at radius 1 is 1.10 bits per heavy atom. The van der Waals surface area contributed by atoms with Crippen LogP contribution in [-0.2, 0) is 16.2 Å². The molecule has 0 radical (unpaired) electrons. The Kier molecular flexibility index (Phi) is 7.80.